The third-order valence-electron chi connectivity index (χ3n) is 2.68. The van der Waals surface area contributed by atoms with Gasteiger partial charge < -0.3 is 9.90 Å². The van der Waals surface area contributed by atoms with Crippen LogP contribution >= 0.6 is 0 Å². The van der Waals surface area contributed by atoms with Crippen molar-refractivity contribution in [1.82, 2.24) is 0 Å². The van der Waals surface area contributed by atoms with Crippen LogP contribution in [0.3, 0.4) is 0 Å². The molecule has 0 aliphatic heterocycles. The first-order valence-electron chi connectivity index (χ1n) is 5.88. The highest BCUT2D eigenvalue weighted by molar-refractivity contribution is 5.66. The van der Waals surface area contributed by atoms with Gasteiger partial charge in [-0.15, -0.1) is 0 Å². The number of pyridine rings is 1. The molecule has 3 nitrogen and oxygen atoms in total. The number of nitrogens with zero attached hydrogens (tertiary/aromatic N) is 1. The van der Waals surface area contributed by atoms with Crippen LogP contribution < -0.4 is 9.67 Å². The molecule has 88 valence electrons. The molecule has 0 spiro atoms. The highest BCUT2D eigenvalue weighted by Gasteiger charge is 2.10. The summed E-state index contributed by atoms with van der Waals surface area (Å²) in [6.07, 6.45) is 5.07. The largest absolute Gasteiger partial charge is 0.550 e. The summed E-state index contributed by atoms with van der Waals surface area (Å²) in [7, 11) is 0. The normalized spacial score (nSPS) is 10.4. The zero-order valence-corrected chi connectivity index (χ0v) is 10.0. The molecule has 1 aromatic rings. The molecule has 0 bridgehead atoms. The lowest BCUT2D eigenvalue weighted by atomic mass is 10.1. The molecular weight excluding hydrogens is 202 g/mol. The highest BCUT2D eigenvalue weighted by Crippen LogP contribution is 2.03. The second-order valence-corrected chi connectivity index (χ2v) is 3.98. The van der Waals surface area contributed by atoms with E-state index >= 15 is 0 Å². The summed E-state index contributed by atoms with van der Waals surface area (Å²) in [5, 5.41) is 10.7. The van der Waals surface area contributed by atoms with E-state index in [9.17, 15) is 9.90 Å². The second-order valence-electron chi connectivity index (χ2n) is 3.98. The zero-order valence-electron chi connectivity index (χ0n) is 10.0. The quantitative estimate of drug-likeness (QED) is 0.661. The van der Waals surface area contributed by atoms with Gasteiger partial charge >= 0.3 is 0 Å². The molecule has 0 radical (unpaired) electrons. The fourth-order valence-corrected chi connectivity index (χ4v) is 1.69. The average Bonchev–Trinajstić information content (AvgIpc) is 2.26. The fourth-order valence-electron chi connectivity index (χ4n) is 1.69. The van der Waals surface area contributed by atoms with Crippen LogP contribution in [0.25, 0.3) is 0 Å². The van der Waals surface area contributed by atoms with Crippen molar-refractivity contribution in [2.45, 2.75) is 46.1 Å². The maximum absolute atomic E-state index is 10.7. The third kappa shape index (κ3) is 3.65. The number of unbranched alkanes of at least 4 members (excludes halogenated alkanes) is 1. The summed E-state index contributed by atoms with van der Waals surface area (Å²) in [6.45, 7) is 5.07. The van der Waals surface area contributed by atoms with Crippen LogP contribution in [0.5, 0.6) is 0 Å². The van der Waals surface area contributed by atoms with Crippen molar-refractivity contribution in [3.8, 4) is 0 Å². The number of aryl methyl sites for hydroxylation is 2. The number of aromatic nitrogens is 1. The lowest BCUT2D eigenvalue weighted by Crippen LogP contribution is -2.41. The molecule has 0 unspecified atom stereocenters. The summed E-state index contributed by atoms with van der Waals surface area (Å²) >= 11 is 0. The maximum atomic E-state index is 10.7. The number of carbonyl (C=O) groups is 1. The number of carboxylic acids is 1. The number of hydrogen-bond donors (Lipinski definition) is 0. The lowest BCUT2D eigenvalue weighted by molar-refractivity contribution is -0.704. The standard InChI is InChI=1S/C13H19NO2/c1-3-5-7-14-8-6-11(4-2)9-12(14)10-13(15)16/h6,8-9H,3-5,7,10H2,1-2H3. The van der Waals surface area contributed by atoms with E-state index in [1.165, 1.54) is 5.56 Å². The van der Waals surface area contributed by atoms with Crippen LogP contribution in [0.2, 0.25) is 0 Å². The summed E-state index contributed by atoms with van der Waals surface area (Å²) in [4.78, 5) is 10.7. The predicted octanol–water partition coefficient (Wildman–Crippen LogP) is 0.629. The minimum atomic E-state index is -1.02. The van der Waals surface area contributed by atoms with Crippen molar-refractivity contribution >= 4 is 5.97 Å². The van der Waals surface area contributed by atoms with Crippen LogP contribution in [-0.2, 0) is 24.2 Å². The Morgan fingerprint density at radius 2 is 2.19 bits per heavy atom. The minimum Gasteiger partial charge on any atom is -0.550 e. The first-order chi connectivity index (χ1) is 7.67. The maximum Gasteiger partial charge on any atom is 0.187 e. The number of rotatable bonds is 6. The Balaban J connectivity index is 2.91. The molecule has 0 aliphatic rings. The van der Waals surface area contributed by atoms with Gasteiger partial charge in [-0.2, -0.15) is 0 Å². The van der Waals surface area contributed by atoms with Crippen LogP contribution in [0, 0.1) is 0 Å². The van der Waals surface area contributed by atoms with E-state index in [1.54, 1.807) is 0 Å². The molecule has 1 aromatic heterocycles. The van der Waals surface area contributed by atoms with E-state index < -0.39 is 5.97 Å². The zero-order chi connectivity index (χ0) is 12.0. The van der Waals surface area contributed by atoms with Crippen LogP contribution in [0.1, 0.15) is 37.9 Å². The molecule has 0 aliphatic carbocycles. The van der Waals surface area contributed by atoms with Gasteiger partial charge in [0.15, 0.2) is 11.9 Å². The molecule has 0 saturated carbocycles. The number of hydrogen-bond acceptors (Lipinski definition) is 2. The summed E-state index contributed by atoms with van der Waals surface area (Å²) in [5.74, 6) is -1.02. The number of carboxylic acid groups (broad SMARTS) is 1. The SMILES string of the molecule is CCCC[n+]1ccc(CC)cc1CC(=O)[O-]. The molecule has 1 heterocycles. The van der Waals surface area contributed by atoms with Crippen LogP contribution in [0.4, 0.5) is 0 Å². The third-order valence-corrected chi connectivity index (χ3v) is 2.68. The molecule has 0 fully saturated rings. The van der Waals surface area contributed by atoms with E-state index in [1.807, 2.05) is 16.8 Å². The van der Waals surface area contributed by atoms with Gasteiger partial charge in [-0.25, -0.2) is 4.57 Å². The van der Waals surface area contributed by atoms with E-state index in [-0.39, 0.29) is 6.42 Å². The van der Waals surface area contributed by atoms with Gasteiger partial charge in [-0.1, -0.05) is 20.3 Å². The summed E-state index contributed by atoms with van der Waals surface area (Å²) < 4.78 is 2.01. The van der Waals surface area contributed by atoms with Crippen molar-refractivity contribution in [2.24, 2.45) is 0 Å². The fraction of sp³-hybridized carbons (Fsp3) is 0.538. The Kier molecular flexibility index (Phi) is 4.96. The average molecular weight is 221 g/mol. The lowest BCUT2D eigenvalue weighted by Gasteiger charge is -2.06. The molecule has 0 atom stereocenters. The highest BCUT2D eigenvalue weighted by atomic mass is 16.4. The molecule has 1 rings (SSSR count). The Morgan fingerprint density at radius 1 is 1.44 bits per heavy atom. The van der Waals surface area contributed by atoms with Gasteiger partial charge in [0.2, 0.25) is 0 Å². The van der Waals surface area contributed by atoms with E-state index in [0.29, 0.717) is 0 Å². The molecule has 0 amide bonds. The monoisotopic (exact) mass is 221 g/mol. The number of carbonyl (C=O) groups excluding carboxylic acids is 1. The van der Waals surface area contributed by atoms with Gasteiger partial charge in [-0.3, -0.25) is 0 Å². The Hall–Kier alpha value is -1.38. The van der Waals surface area contributed by atoms with Gasteiger partial charge in [0, 0.05) is 18.6 Å². The molecule has 3 heteroatoms. The van der Waals surface area contributed by atoms with Gasteiger partial charge in [-0.05, 0) is 12.0 Å². The van der Waals surface area contributed by atoms with E-state index in [0.717, 1.165) is 31.5 Å². The van der Waals surface area contributed by atoms with E-state index in [2.05, 4.69) is 19.9 Å². The minimum absolute atomic E-state index is 0.00243. The van der Waals surface area contributed by atoms with Gasteiger partial charge in [0.05, 0.1) is 12.4 Å². The van der Waals surface area contributed by atoms with E-state index in [4.69, 9.17) is 0 Å². The van der Waals surface area contributed by atoms with Crippen molar-refractivity contribution in [3.63, 3.8) is 0 Å². The van der Waals surface area contributed by atoms with Crippen LogP contribution in [-0.4, -0.2) is 5.97 Å². The van der Waals surface area contributed by atoms with Crippen molar-refractivity contribution < 1.29 is 14.5 Å². The van der Waals surface area contributed by atoms with Crippen molar-refractivity contribution in [2.75, 3.05) is 0 Å². The number of aliphatic carboxylic acids is 1. The predicted molar refractivity (Wildman–Crippen MR) is 59.6 cm³/mol. The van der Waals surface area contributed by atoms with Gasteiger partial charge in [0.1, 0.15) is 6.54 Å². The van der Waals surface area contributed by atoms with Crippen molar-refractivity contribution in [3.05, 3.63) is 29.6 Å². The summed E-state index contributed by atoms with van der Waals surface area (Å²) in [5.41, 5.74) is 2.01. The van der Waals surface area contributed by atoms with Gasteiger partial charge in [0.25, 0.3) is 0 Å². The first-order valence-corrected chi connectivity index (χ1v) is 5.88. The molecule has 0 N–H and O–H groups in total. The molecule has 0 saturated heterocycles. The Labute approximate surface area is 96.7 Å². The first kappa shape index (κ1) is 12.7. The Morgan fingerprint density at radius 3 is 2.75 bits per heavy atom. The second kappa shape index (κ2) is 6.26. The summed E-state index contributed by atoms with van der Waals surface area (Å²) in [6, 6.07) is 4.01. The molecule has 0 aromatic carbocycles. The Bertz CT molecular complexity index is 361. The molecular formula is C13H19NO2. The van der Waals surface area contributed by atoms with Crippen molar-refractivity contribution in [1.29, 1.82) is 0 Å². The van der Waals surface area contributed by atoms with Crippen LogP contribution in [0.15, 0.2) is 18.3 Å². The molecule has 16 heavy (non-hydrogen) atoms. The smallest absolute Gasteiger partial charge is 0.187 e. The topological polar surface area (TPSA) is 44.0 Å².